The lowest BCUT2D eigenvalue weighted by Gasteiger charge is -2.16. The van der Waals surface area contributed by atoms with Crippen LogP contribution in [0, 0.1) is 0 Å². The fourth-order valence-corrected chi connectivity index (χ4v) is 2.77. The van der Waals surface area contributed by atoms with Crippen LogP contribution < -0.4 is 14.8 Å². The number of hydrogen-bond donors (Lipinski definition) is 1. The molecule has 2 aromatic carbocycles. The lowest BCUT2D eigenvalue weighted by atomic mass is 9.95. The van der Waals surface area contributed by atoms with E-state index in [1.165, 1.54) is 13.2 Å². The molecule has 0 fully saturated rings. The van der Waals surface area contributed by atoms with Crippen LogP contribution >= 0.6 is 0 Å². The van der Waals surface area contributed by atoms with Gasteiger partial charge in [-0.3, -0.25) is 4.79 Å². The number of ether oxygens (including phenoxy) is 2. The van der Waals surface area contributed by atoms with Crippen LogP contribution in [0.5, 0.6) is 11.5 Å². The summed E-state index contributed by atoms with van der Waals surface area (Å²) in [6.45, 7) is -0.484. The van der Waals surface area contributed by atoms with Gasteiger partial charge in [-0.15, -0.1) is 0 Å². The zero-order valence-electron chi connectivity index (χ0n) is 14.9. The second-order valence-corrected chi connectivity index (χ2v) is 5.78. The molecule has 26 heavy (non-hydrogen) atoms. The minimum atomic E-state index is -2.90. The Hall–Kier alpha value is -2.63. The Labute approximate surface area is 152 Å². The van der Waals surface area contributed by atoms with Crippen LogP contribution in [0.4, 0.5) is 8.78 Å². The first-order chi connectivity index (χ1) is 12.5. The molecule has 0 radical (unpaired) electrons. The van der Waals surface area contributed by atoms with Gasteiger partial charge in [-0.05, 0) is 36.1 Å². The fourth-order valence-electron chi connectivity index (χ4n) is 2.77. The normalized spacial score (nSPS) is 11.9. The molecule has 1 atom stereocenters. The molecule has 140 valence electrons. The number of benzene rings is 2. The predicted molar refractivity (Wildman–Crippen MR) is 95.8 cm³/mol. The molecule has 0 saturated carbocycles. The maximum absolute atomic E-state index is 12.4. The van der Waals surface area contributed by atoms with Crippen molar-refractivity contribution < 1.29 is 23.0 Å². The fraction of sp³-hybridized carbons (Fsp3) is 0.350. The third-order valence-corrected chi connectivity index (χ3v) is 4.08. The summed E-state index contributed by atoms with van der Waals surface area (Å²) < 4.78 is 34.2. The largest absolute Gasteiger partial charge is 0.493 e. The van der Waals surface area contributed by atoms with Crippen molar-refractivity contribution in [3.05, 3.63) is 59.7 Å². The first-order valence-corrected chi connectivity index (χ1v) is 8.49. The quantitative estimate of drug-likeness (QED) is 0.728. The molecule has 0 heterocycles. The molecule has 4 nitrogen and oxygen atoms in total. The van der Waals surface area contributed by atoms with Gasteiger partial charge in [-0.25, -0.2) is 0 Å². The molecular weight excluding hydrogens is 340 g/mol. The lowest BCUT2D eigenvalue weighted by molar-refractivity contribution is -0.122. The maximum atomic E-state index is 12.4. The molecule has 0 bridgehead atoms. The summed E-state index contributed by atoms with van der Waals surface area (Å²) in [5.74, 6) is 0.0196. The van der Waals surface area contributed by atoms with E-state index in [1.807, 2.05) is 37.3 Å². The van der Waals surface area contributed by atoms with Gasteiger partial charge in [0.1, 0.15) is 0 Å². The highest BCUT2D eigenvalue weighted by Gasteiger charge is 2.18. The number of alkyl halides is 2. The van der Waals surface area contributed by atoms with Crippen LogP contribution in [0.25, 0.3) is 0 Å². The SMILES string of the molecule is CC[C@@H](C(=O)NCCc1ccc(OC(F)F)c(OC)c1)c1ccccc1. The van der Waals surface area contributed by atoms with Crippen molar-refractivity contribution in [1.82, 2.24) is 5.32 Å². The highest BCUT2D eigenvalue weighted by atomic mass is 19.3. The topological polar surface area (TPSA) is 47.6 Å². The van der Waals surface area contributed by atoms with Gasteiger partial charge in [-0.2, -0.15) is 8.78 Å². The average Bonchev–Trinajstić information content (AvgIpc) is 2.64. The van der Waals surface area contributed by atoms with Crippen molar-refractivity contribution in [2.24, 2.45) is 0 Å². The van der Waals surface area contributed by atoms with Crippen LogP contribution in [0.3, 0.4) is 0 Å². The van der Waals surface area contributed by atoms with Crippen LogP contribution in [0.1, 0.15) is 30.4 Å². The Morgan fingerprint density at radius 1 is 1.12 bits per heavy atom. The first kappa shape index (κ1) is 19.7. The summed E-state index contributed by atoms with van der Waals surface area (Å²) in [6, 6.07) is 14.4. The molecule has 1 amide bonds. The Morgan fingerprint density at radius 3 is 2.46 bits per heavy atom. The van der Waals surface area contributed by atoms with E-state index in [0.29, 0.717) is 19.4 Å². The Kier molecular flexibility index (Phi) is 7.38. The van der Waals surface area contributed by atoms with Crippen LogP contribution in [-0.2, 0) is 11.2 Å². The highest BCUT2D eigenvalue weighted by Crippen LogP contribution is 2.29. The van der Waals surface area contributed by atoms with E-state index in [1.54, 1.807) is 12.1 Å². The van der Waals surface area contributed by atoms with Crippen molar-refractivity contribution in [3.63, 3.8) is 0 Å². The van der Waals surface area contributed by atoms with Gasteiger partial charge >= 0.3 is 6.61 Å². The molecule has 2 rings (SSSR count). The molecule has 0 saturated heterocycles. The maximum Gasteiger partial charge on any atom is 0.387 e. The highest BCUT2D eigenvalue weighted by molar-refractivity contribution is 5.83. The van der Waals surface area contributed by atoms with Gasteiger partial charge in [0.15, 0.2) is 11.5 Å². The second-order valence-electron chi connectivity index (χ2n) is 5.78. The number of carbonyl (C=O) groups excluding carboxylic acids is 1. The molecule has 0 spiro atoms. The Morgan fingerprint density at radius 2 is 1.85 bits per heavy atom. The number of hydrogen-bond acceptors (Lipinski definition) is 3. The number of carbonyl (C=O) groups is 1. The Bertz CT molecular complexity index is 707. The van der Waals surface area contributed by atoms with Crippen LogP contribution in [0.2, 0.25) is 0 Å². The number of halogens is 2. The smallest absolute Gasteiger partial charge is 0.387 e. The third-order valence-electron chi connectivity index (χ3n) is 4.08. The number of amides is 1. The molecule has 1 N–H and O–H groups in total. The monoisotopic (exact) mass is 363 g/mol. The third kappa shape index (κ3) is 5.44. The van der Waals surface area contributed by atoms with Gasteiger partial charge in [0.05, 0.1) is 13.0 Å². The van der Waals surface area contributed by atoms with Gasteiger partial charge in [-0.1, -0.05) is 43.3 Å². The second kappa shape index (κ2) is 9.75. The summed E-state index contributed by atoms with van der Waals surface area (Å²) in [7, 11) is 1.39. The van der Waals surface area contributed by atoms with Crippen molar-refractivity contribution in [2.75, 3.05) is 13.7 Å². The van der Waals surface area contributed by atoms with Gasteiger partial charge < -0.3 is 14.8 Å². The zero-order valence-corrected chi connectivity index (χ0v) is 14.9. The van der Waals surface area contributed by atoms with E-state index in [0.717, 1.165) is 11.1 Å². The van der Waals surface area contributed by atoms with Gasteiger partial charge in [0, 0.05) is 6.54 Å². The minimum Gasteiger partial charge on any atom is -0.493 e. The van der Waals surface area contributed by atoms with Crippen molar-refractivity contribution in [2.45, 2.75) is 32.3 Å². The molecule has 0 unspecified atom stereocenters. The Balaban J connectivity index is 1.93. The van der Waals surface area contributed by atoms with Crippen molar-refractivity contribution >= 4 is 5.91 Å². The predicted octanol–water partition coefficient (Wildman–Crippen LogP) is 4.15. The van der Waals surface area contributed by atoms with E-state index in [-0.39, 0.29) is 23.3 Å². The number of methoxy groups -OCH3 is 1. The summed E-state index contributed by atoms with van der Waals surface area (Å²) >= 11 is 0. The molecule has 6 heteroatoms. The molecule has 0 aromatic heterocycles. The first-order valence-electron chi connectivity index (χ1n) is 8.49. The van der Waals surface area contributed by atoms with Crippen LogP contribution in [-0.4, -0.2) is 26.2 Å². The van der Waals surface area contributed by atoms with E-state index in [2.05, 4.69) is 10.1 Å². The molecule has 0 aliphatic heterocycles. The molecule has 2 aromatic rings. The lowest BCUT2D eigenvalue weighted by Crippen LogP contribution is -2.30. The molecule has 0 aliphatic rings. The summed E-state index contributed by atoms with van der Waals surface area (Å²) in [6.07, 6.45) is 1.27. The van der Waals surface area contributed by atoms with Gasteiger partial charge in [0.2, 0.25) is 5.91 Å². The van der Waals surface area contributed by atoms with E-state index >= 15 is 0 Å². The van der Waals surface area contributed by atoms with Crippen molar-refractivity contribution in [1.29, 1.82) is 0 Å². The average molecular weight is 363 g/mol. The molecule has 0 aliphatic carbocycles. The summed E-state index contributed by atoms with van der Waals surface area (Å²) in [5.41, 5.74) is 1.85. The van der Waals surface area contributed by atoms with E-state index in [4.69, 9.17) is 4.74 Å². The standard InChI is InChI=1S/C20H23F2NO3/c1-3-16(15-7-5-4-6-8-15)19(24)23-12-11-14-9-10-17(26-20(21)22)18(13-14)25-2/h4-10,13,16,20H,3,11-12H2,1-2H3,(H,23,24)/t16-/m1/s1. The molecular formula is C20H23F2NO3. The summed E-state index contributed by atoms with van der Waals surface area (Å²) in [4.78, 5) is 12.4. The van der Waals surface area contributed by atoms with Gasteiger partial charge in [0.25, 0.3) is 0 Å². The zero-order chi connectivity index (χ0) is 18.9. The van der Waals surface area contributed by atoms with Crippen molar-refractivity contribution in [3.8, 4) is 11.5 Å². The minimum absolute atomic E-state index is 0.00888. The van der Waals surface area contributed by atoms with Crippen LogP contribution in [0.15, 0.2) is 48.5 Å². The van der Waals surface area contributed by atoms with E-state index < -0.39 is 6.61 Å². The summed E-state index contributed by atoms with van der Waals surface area (Å²) in [5, 5.41) is 2.93. The number of nitrogens with one attached hydrogen (secondary N) is 1. The van der Waals surface area contributed by atoms with E-state index in [9.17, 15) is 13.6 Å². The number of rotatable bonds is 9.